The number of rotatable bonds is 3. The van der Waals surface area contributed by atoms with Crippen molar-refractivity contribution in [1.82, 2.24) is 4.90 Å². The zero-order valence-electron chi connectivity index (χ0n) is 13.4. The van der Waals surface area contributed by atoms with Gasteiger partial charge in [-0.15, -0.1) is 0 Å². The molecule has 0 saturated carbocycles. The molecule has 1 unspecified atom stereocenters. The Hall–Kier alpha value is -1.39. The normalized spacial score (nSPS) is 26.8. The second-order valence-electron chi connectivity index (χ2n) is 6.94. The van der Waals surface area contributed by atoms with E-state index in [1.54, 1.807) is 0 Å². The maximum Gasteiger partial charge on any atom is 0.312 e. The Morgan fingerprint density at radius 1 is 1.33 bits per heavy atom. The van der Waals surface area contributed by atoms with E-state index >= 15 is 0 Å². The predicted octanol–water partition coefficient (Wildman–Crippen LogP) is 2.38. The van der Waals surface area contributed by atoms with E-state index in [-0.39, 0.29) is 24.0 Å². The molecule has 0 aliphatic carbocycles. The van der Waals surface area contributed by atoms with Crippen LogP contribution in [-0.2, 0) is 16.1 Å². The van der Waals surface area contributed by atoms with E-state index in [0.717, 1.165) is 13.1 Å². The third-order valence-corrected chi connectivity index (χ3v) is 3.83. The topological polar surface area (TPSA) is 55.6 Å². The molecule has 2 N–H and O–H groups in total. The van der Waals surface area contributed by atoms with E-state index in [9.17, 15) is 4.79 Å². The van der Waals surface area contributed by atoms with Gasteiger partial charge in [-0.25, -0.2) is 0 Å². The number of hydrogen-bond acceptors (Lipinski definition) is 4. The largest absolute Gasteiger partial charge is 0.460 e. The number of nitrogens with zero attached hydrogens (tertiary/aromatic N) is 1. The molecule has 4 nitrogen and oxygen atoms in total. The molecule has 1 heterocycles. The molecule has 1 aliphatic rings. The molecule has 1 fully saturated rings. The van der Waals surface area contributed by atoms with Gasteiger partial charge in [0.15, 0.2) is 0 Å². The van der Waals surface area contributed by atoms with E-state index < -0.39 is 5.60 Å². The lowest BCUT2D eigenvalue weighted by atomic mass is 9.96. The van der Waals surface area contributed by atoms with Gasteiger partial charge in [0.1, 0.15) is 5.60 Å². The lowest BCUT2D eigenvalue weighted by molar-refractivity contribution is -0.162. The zero-order valence-corrected chi connectivity index (χ0v) is 13.4. The minimum atomic E-state index is -0.469. The first kappa shape index (κ1) is 16.0. The van der Waals surface area contributed by atoms with Crippen molar-refractivity contribution in [2.75, 3.05) is 6.54 Å². The summed E-state index contributed by atoms with van der Waals surface area (Å²) in [7, 11) is 0. The Morgan fingerprint density at radius 3 is 2.52 bits per heavy atom. The summed E-state index contributed by atoms with van der Waals surface area (Å²) in [6.45, 7) is 9.32. The maximum atomic E-state index is 12.4. The van der Waals surface area contributed by atoms with Crippen LogP contribution < -0.4 is 5.73 Å². The van der Waals surface area contributed by atoms with Gasteiger partial charge in [0.2, 0.25) is 0 Å². The molecular weight excluding hydrogens is 264 g/mol. The second-order valence-corrected chi connectivity index (χ2v) is 6.94. The number of likely N-dealkylation sites (tertiary alicyclic amines) is 1. The molecule has 3 atom stereocenters. The number of hydrogen-bond donors (Lipinski definition) is 1. The average molecular weight is 290 g/mol. The Bertz CT molecular complexity index is 481. The summed E-state index contributed by atoms with van der Waals surface area (Å²) in [5, 5.41) is 0. The number of nitrogens with two attached hydrogens (primary N) is 1. The van der Waals surface area contributed by atoms with Crippen LogP contribution in [0.5, 0.6) is 0 Å². The van der Waals surface area contributed by atoms with Crippen LogP contribution in [0.1, 0.15) is 33.3 Å². The smallest absolute Gasteiger partial charge is 0.312 e. The van der Waals surface area contributed by atoms with E-state index in [0.29, 0.717) is 0 Å². The summed E-state index contributed by atoms with van der Waals surface area (Å²) in [6, 6.07) is 10.2. The number of benzene rings is 1. The zero-order chi connectivity index (χ0) is 15.6. The van der Waals surface area contributed by atoms with Crippen LogP contribution in [0.3, 0.4) is 0 Å². The van der Waals surface area contributed by atoms with E-state index in [4.69, 9.17) is 10.5 Å². The van der Waals surface area contributed by atoms with Gasteiger partial charge in [0.05, 0.1) is 12.1 Å². The number of carbonyl (C=O) groups excluding carboxylic acids is 1. The highest BCUT2D eigenvalue weighted by atomic mass is 16.6. The van der Waals surface area contributed by atoms with Crippen LogP contribution in [0.25, 0.3) is 0 Å². The van der Waals surface area contributed by atoms with Crippen molar-refractivity contribution in [3.63, 3.8) is 0 Å². The van der Waals surface area contributed by atoms with E-state index in [1.807, 2.05) is 39.0 Å². The summed E-state index contributed by atoms with van der Waals surface area (Å²) in [5.41, 5.74) is 7.05. The van der Waals surface area contributed by atoms with E-state index in [1.165, 1.54) is 5.56 Å². The lowest BCUT2D eigenvalue weighted by Crippen LogP contribution is -2.44. The highest BCUT2D eigenvalue weighted by Crippen LogP contribution is 2.30. The third-order valence-electron chi connectivity index (χ3n) is 3.83. The van der Waals surface area contributed by atoms with Crippen LogP contribution in [0.15, 0.2) is 30.3 Å². The van der Waals surface area contributed by atoms with Crippen LogP contribution in [0.2, 0.25) is 0 Å². The first-order valence-electron chi connectivity index (χ1n) is 7.54. The Balaban J connectivity index is 2.04. The van der Waals surface area contributed by atoms with Crippen LogP contribution in [0.4, 0.5) is 0 Å². The molecule has 0 amide bonds. The van der Waals surface area contributed by atoms with Crippen LogP contribution in [-0.4, -0.2) is 29.2 Å². The van der Waals surface area contributed by atoms with Crippen molar-refractivity contribution in [2.24, 2.45) is 17.6 Å². The summed E-state index contributed by atoms with van der Waals surface area (Å²) in [6.07, 6.45) is -0.282. The fourth-order valence-corrected chi connectivity index (χ4v) is 2.90. The van der Waals surface area contributed by atoms with Gasteiger partial charge in [-0.05, 0) is 32.3 Å². The molecule has 116 valence electrons. The minimum Gasteiger partial charge on any atom is -0.460 e. The Labute approximate surface area is 127 Å². The molecule has 0 aromatic heterocycles. The fourth-order valence-electron chi connectivity index (χ4n) is 2.90. The molecule has 4 heteroatoms. The summed E-state index contributed by atoms with van der Waals surface area (Å²) in [4.78, 5) is 14.5. The SMILES string of the molecule is C[C@@H]1CN(Cc2ccccc2)C(N)[C@H]1C(=O)OC(C)(C)C. The summed E-state index contributed by atoms with van der Waals surface area (Å²) >= 11 is 0. The number of carbonyl (C=O) groups is 1. The van der Waals surface area contributed by atoms with Gasteiger partial charge >= 0.3 is 5.97 Å². The third kappa shape index (κ3) is 4.05. The molecule has 1 aliphatic heterocycles. The molecule has 0 spiro atoms. The first-order valence-corrected chi connectivity index (χ1v) is 7.54. The molecule has 1 saturated heterocycles. The van der Waals surface area contributed by atoms with Gasteiger partial charge in [-0.3, -0.25) is 9.69 Å². The van der Waals surface area contributed by atoms with Gasteiger partial charge in [0, 0.05) is 13.1 Å². The van der Waals surface area contributed by atoms with Crippen LogP contribution >= 0.6 is 0 Å². The second kappa shape index (κ2) is 6.16. The van der Waals surface area contributed by atoms with Gasteiger partial charge in [-0.2, -0.15) is 0 Å². The van der Waals surface area contributed by atoms with Crippen molar-refractivity contribution < 1.29 is 9.53 Å². The molecule has 0 bridgehead atoms. The quantitative estimate of drug-likeness (QED) is 0.868. The van der Waals surface area contributed by atoms with Crippen molar-refractivity contribution >= 4 is 5.97 Å². The van der Waals surface area contributed by atoms with E-state index in [2.05, 4.69) is 24.0 Å². The van der Waals surface area contributed by atoms with Crippen molar-refractivity contribution in [2.45, 2.75) is 46.0 Å². The average Bonchev–Trinajstić information content (AvgIpc) is 2.63. The number of ether oxygens (including phenoxy) is 1. The van der Waals surface area contributed by atoms with Gasteiger partial charge in [-0.1, -0.05) is 37.3 Å². The predicted molar refractivity (Wildman–Crippen MR) is 83.3 cm³/mol. The number of esters is 1. The highest BCUT2D eigenvalue weighted by molar-refractivity contribution is 5.74. The summed E-state index contributed by atoms with van der Waals surface area (Å²) < 4.78 is 5.52. The Kier molecular flexibility index (Phi) is 4.69. The van der Waals surface area contributed by atoms with Crippen molar-refractivity contribution in [3.8, 4) is 0 Å². The monoisotopic (exact) mass is 290 g/mol. The molecular formula is C17H26N2O2. The molecule has 2 rings (SSSR count). The van der Waals surface area contributed by atoms with Gasteiger partial charge in [0.25, 0.3) is 0 Å². The minimum absolute atomic E-state index is 0.182. The molecule has 21 heavy (non-hydrogen) atoms. The van der Waals surface area contributed by atoms with Crippen molar-refractivity contribution in [3.05, 3.63) is 35.9 Å². The van der Waals surface area contributed by atoms with Crippen molar-refractivity contribution in [1.29, 1.82) is 0 Å². The summed E-state index contributed by atoms with van der Waals surface area (Å²) in [5.74, 6) is -0.232. The molecule has 1 aromatic carbocycles. The first-order chi connectivity index (χ1) is 9.78. The molecule has 1 aromatic rings. The standard InChI is InChI=1S/C17H26N2O2/c1-12-10-19(11-13-8-6-5-7-9-13)15(18)14(12)16(20)21-17(2,3)4/h5-9,12,14-15H,10-11,18H2,1-4H3/t12-,14+,15?/m1/s1. The Morgan fingerprint density at radius 2 is 1.95 bits per heavy atom. The molecule has 0 radical (unpaired) electrons. The van der Waals surface area contributed by atoms with Crippen LogP contribution in [0, 0.1) is 11.8 Å². The van der Waals surface area contributed by atoms with Gasteiger partial charge < -0.3 is 10.5 Å². The fraction of sp³-hybridized carbons (Fsp3) is 0.588. The maximum absolute atomic E-state index is 12.4. The lowest BCUT2D eigenvalue weighted by Gasteiger charge is -2.27. The highest BCUT2D eigenvalue weighted by Gasteiger charge is 2.43.